The van der Waals surface area contributed by atoms with Gasteiger partial charge in [-0.3, -0.25) is 9.78 Å². The van der Waals surface area contributed by atoms with Crippen LogP contribution in [0, 0.1) is 0 Å². The lowest BCUT2D eigenvalue weighted by atomic mass is 9.93. The highest BCUT2D eigenvalue weighted by molar-refractivity contribution is 5.79. The molecule has 2 aromatic rings. The summed E-state index contributed by atoms with van der Waals surface area (Å²) in [5.74, 6) is 0.218. The summed E-state index contributed by atoms with van der Waals surface area (Å²) in [4.78, 5) is 14.5. The number of nitrogens with zero attached hydrogens (tertiary/aromatic N) is 3. The van der Waals surface area contributed by atoms with E-state index < -0.39 is 0 Å². The van der Waals surface area contributed by atoms with Gasteiger partial charge in [-0.1, -0.05) is 51.1 Å². The van der Waals surface area contributed by atoms with E-state index >= 15 is 0 Å². The molecule has 2 N–H and O–H groups in total. The number of H-pyrrole nitrogens is 1. The van der Waals surface area contributed by atoms with Gasteiger partial charge >= 0.3 is 0 Å². The quantitative estimate of drug-likeness (QED) is 0.660. The number of nitrogens with one attached hydrogen (secondary N) is 2. The van der Waals surface area contributed by atoms with Gasteiger partial charge in [0.05, 0.1) is 6.21 Å². The molecule has 0 spiro atoms. The summed E-state index contributed by atoms with van der Waals surface area (Å²) in [5, 5.41) is 11.8. The van der Waals surface area contributed by atoms with Crippen molar-refractivity contribution in [1.29, 1.82) is 0 Å². The first kappa shape index (κ1) is 13.9. The van der Waals surface area contributed by atoms with Crippen molar-refractivity contribution < 1.29 is 0 Å². The lowest BCUT2D eigenvalue weighted by molar-refractivity contribution is 0.547. The molecule has 20 heavy (non-hydrogen) atoms. The number of benzene rings is 1. The molecular formula is C14H17N5O. The van der Waals surface area contributed by atoms with Crippen molar-refractivity contribution in [2.24, 2.45) is 5.10 Å². The first-order valence-electron chi connectivity index (χ1n) is 6.28. The predicted molar refractivity (Wildman–Crippen MR) is 79.0 cm³/mol. The zero-order valence-electron chi connectivity index (χ0n) is 11.7. The van der Waals surface area contributed by atoms with Crippen molar-refractivity contribution in [3.05, 3.63) is 51.9 Å². The maximum Gasteiger partial charge on any atom is 0.274 e. The molecule has 0 bridgehead atoms. The topological polar surface area (TPSA) is 83.0 Å². The average Bonchev–Trinajstić information content (AvgIpc) is 2.38. The standard InChI is InChI=1S/C14H17N5O/c1-14(2,3)11-12(20)16-13(19-17-11)18-15-9-10-7-5-4-6-8-10/h4-9H,1-3H3,(H2,16,18,19,20). The second-order valence-corrected chi connectivity index (χ2v) is 5.38. The van der Waals surface area contributed by atoms with E-state index in [1.54, 1.807) is 6.21 Å². The van der Waals surface area contributed by atoms with Gasteiger partial charge in [0.25, 0.3) is 5.56 Å². The zero-order chi connectivity index (χ0) is 14.6. The lowest BCUT2D eigenvalue weighted by Crippen LogP contribution is -2.28. The van der Waals surface area contributed by atoms with E-state index in [1.807, 2.05) is 51.1 Å². The summed E-state index contributed by atoms with van der Waals surface area (Å²) in [6.45, 7) is 5.73. The molecule has 6 nitrogen and oxygen atoms in total. The van der Waals surface area contributed by atoms with Crippen LogP contribution in [0.5, 0.6) is 0 Å². The van der Waals surface area contributed by atoms with E-state index in [2.05, 4.69) is 25.7 Å². The molecular weight excluding hydrogens is 254 g/mol. The smallest absolute Gasteiger partial charge is 0.274 e. The number of aromatic amines is 1. The Labute approximate surface area is 117 Å². The Morgan fingerprint density at radius 2 is 1.90 bits per heavy atom. The second-order valence-electron chi connectivity index (χ2n) is 5.38. The van der Waals surface area contributed by atoms with Gasteiger partial charge in [-0.05, 0) is 5.56 Å². The van der Waals surface area contributed by atoms with E-state index in [4.69, 9.17) is 0 Å². The van der Waals surface area contributed by atoms with Crippen LogP contribution in [0.1, 0.15) is 32.0 Å². The minimum Gasteiger partial charge on any atom is -0.288 e. The molecule has 0 atom stereocenters. The number of aromatic nitrogens is 3. The van der Waals surface area contributed by atoms with Crippen LogP contribution in [-0.2, 0) is 5.41 Å². The summed E-state index contributed by atoms with van der Waals surface area (Å²) in [7, 11) is 0. The predicted octanol–water partition coefficient (Wildman–Crippen LogP) is 1.91. The van der Waals surface area contributed by atoms with E-state index in [1.165, 1.54) is 0 Å². The third kappa shape index (κ3) is 3.50. The maximum absolute atomic E-state index is 11.9. The van der Waals surface area contributed by atoms with Crippen molar-refractivity contribution in [3.8, 4) is 0 Å². The van der Waals surface area contributed by atoms with Crippen molar-refractivity contribution in [3.63, 3.8) is 0 Å². The average molecular weight is 271 g/mol. The second kappa shape index (κ2) is 5.64. The van der Waals surface area contributed by atoms with Crippen LogP contribution in [-0.4, -0.2) is 21.4 Å². The Morgan fingerprint density at radius 1 is 1.20 bits per heavy atom. The number of hydrogen-bond acceptors (Lipinski definition) is 5. The minimum atomic E-state index is -0.341. The molecule has 0 unspecified atom stereocenters. The van der Waals surface area contributed by atoms with Crippen molar-refractivity contribution in [2.45, 2.75) is 26.2 Å². The van der Waals surface area contributed by atoms with Crippen molar-refractivity contribution in [1.82, 2.24) is 15.2 Å². The highest BCUT2D eigenvalue weighted by atomic mass is 16.1. The van der Waals surface area contributed by atoms with Crippen LogP contribution in [0.25, 0.3) is 0 Å². The van der Waals surface area contributed by atoms with Gasteiger partial charge in [0.2, 0.25) is 5.95 Å². The molecule has 1 heterocycles. The van der Waals surface area contributed by atoms with Gasteiger partial charge in [0, 0.05) is 5.41 Å². The van der Waals surface area contributed by atoms with Crippen LogP contribution < -0.4 is 11.0 Å². The monoisotopic (exact) mass is 271 g/mol. The molecule has 0 radical (unpaired) electrons. The van der Waals surface area contributed by atoms with Gasteiger partial charge in [-0.2, -0.15) is 5.10 Å². The molecule has 0 saturated carbocycles. The van der Waals surface area contributed by atoms with Crippen molar-refractivity contribution >= 4 is 12.2 Å². The minimum absolute atomic E-state index is 0.218. The largest absolute Gasteiger partial charge is 0.288 e. The van der Waals surface area contributed by atoms with Crippen LogP contribution in [0.3, 0.4) is 0 Å². The number of anilines is 1. The van der Waals surface area contributed by atoms with Crippen LogP contribution in [0.15, 0.2) is 40.2 Å². The molecule has 2 rings (SSSR count). The van der Waals surface area contributed by atoms with E-state index in [-0.39, 0.29) is 16.9 Å². The highest BCUT2D eigenvalue weighted by Gasteiger charge is 2.20. The molecule has 0 saturated heterocycles. The molecule has 0 aliphatic rings. The molecule has 1 aromatic carbocycles. The van der Waals surface area contributed by atoms with Gasteiger partial charge < -0.3 is 0 Å². The van der Waals surface area contributed by atoms with Crippen LogP contribution in [0.4, 0.5) is 5.95 Å². The Hall–Kier alpha value is -2.50. The molecule has 0 amide bonds. The van der Waals surface area contributed by atoms with Crippen molar-refractivity contribution in [2.75, 3.05) is 5.43 Å². The first-order valence-corrected chi connectivity index (χ1v) is 6.28. The fraction of sp³-hybridized carbons (Fsp3) is 0.286. The van der Waals surface area contributed by atoms with Crippen LogP contribution >= 0.6 is 0 Å². The number of rotatable bonds is 3. The number of hydrogen-bond donors (Lipinski definition) is 2. The third-order valence-corrected chi connectivity index (χ3v) is 2.59. The van der Waals surface area contributed by atoms with Gasteiger partial charge in [-0.25, -0.2) is 5.43 Å². The van der Waals surface area contributed by atoms with E-state index in [0.717, 1.165) is 5.56 Å². The Kier molecular flexibility index (Phi) is 3.93. The fourth-order valence-corrected chi connectivity index (χ4v) is 1.59. The molecule has 0 fully saturated rings. The molecule has 6 heteroatoms. The Balaban J connectivity index is 2.10. The summed E-state index contributed by atoms with van der Waals surface area (Å²) in [6.07, 6.45) is 1.64. The summed E-state index contributed by atoms with van der Waals surface area (Å²) in [6, 6.07) is 9.60. The molecule has 1 aromatic heterocycles. The molecule has 0 aliphatic carbocycles. The molecule has 104 valence electrons. The van der Waals surface area contributed by atoms with Gasteiger partial charge in [0.1, 0.15) is 5.69 Å². The van der Waals surface area contributed by atoms with Crippen LogP contribution in [0.2, 0.25) is 0 Å². The summed E-state index contributed by atoms with van der Waals surface area (Å²) >= 11 is 0. The third-order valence-electron chi connectivity index (χ3n) is 2.59. The fourth-order valence-electron chi connectivity index (χ4n) is 1.59. The lowest BCUT2D eigenvalue weighted by Gasteiger charge is -2.15. The molecule has 0 aliphatic heterocycles. The summed E-state index contributed by atoms with van der Waals surface area (Å²) in [5.41, 5.74) is 3.40. The van der Waals surface area contributed by atoms with Gasteiger partial charge in [-0.15, -0.1) is 10.2 Å². The maximum atomic E-state index is 11.9. The first-order chi connectivity index (χ1) is 9.47. The number of hydrazone groups is 1. The highest BCUT2D eigenvalue weighted by Crippen LogP contribution is 2.15. The summed E-state index contributed by atoms with van der Waals surface area (Å²) < 4.78 is 0. The zero-order valence-corrected chi connectivity index (χ0v) is 11.7. The normalized spacial score (nSPS) is 11.8. The van der Waals surface area contributed by atoms with Gasteiger partial charge in [0.15, 0.2) is 0 Å². The Bertz CT molecular complexity index is 655. The SMILES string of the molecule is CC(C)(C)c1nnc(NN=Cc2ccccc2)[nH]c1=O. The van der Waals surface area contributed by atoms with E-state index in [9.17, 15) is 4.79 Å². The Morgan fingerprint density at radius 3 is 2.50 bits per heavy atom. The van der Waals surface area contributed by atoms with E-state index in [0.29, 0.717) is 5.69 Å².